The van der Waals surface area contributed by atoms with E-state index in [1.807, 2.05) is 36.4 Å². The predicted molar refractivity (Wildman–Crippen MR) is 195 cm³/mol. The fourth-order valence-corrected chi connectivity index (χ4v) is 5.02. The molecule has 3 aromatic rings. The molecule has 0 amide bonds. The summed E-state index contributed by atoms with van der Waals surface area (Å²) in [5, 5.41) is 7.71. The molecule has 0 bridgehead atoms. The lowest BCUT2D eigenvalue weighted by atomic mass is 9.93. The Morgan fingerprint density at radius 3 is 1.87 bits per heavy atom. The summed E-state index contributed by atoms with van der Waals surface area (Å²) in [6, 6.07) is 11.7. The first-order valence-corrected chi connectivity index (χ1v) is 17.4. The maximum atomic E-state index is 13.8. The fraction of sp³-hybridized carbons (Fsp3) is 0.600. The normalized spacial score (nSPS) is 22.1. The number of pyridine rings is 1. The van der Waals surface area contributed by atoms with Crippen molar-refractivity contribution in [2.75, 3.05) is 6.61 Å². The van der Waals surface area contributed by atoms with Gasteiger partial charge >= 0.3 is 23.9 Å². The molecular formula is C40H55N3O10. The van der Waals surface area contributed by atoms with Gasteiger partial charge in [-0.3, -0.25) is 24.3 Å². The smallest absolute Gasteiger partial charge is 0.311 e. The third-order valence-corrected chi connectivity index (χ3v) is 8.18. The van der Waals surface area contributed by atoms with Crippen LogP contribution >= 0.6 is 0 Å². The van der Waals surface area contributed by atoms with Crippen molar-refractivity contribution in [1.29, 1.82) is 0 Å². The van der Waals surface area contributed by atoms with Gasteiger partial charge < -0.3 is 28.4 Å². The van der Waals surface area contributed by atoms with Crippen molar-refractivity contribution >= 4 is 34.9 Å². The van der Waals surface area contributed by atoms with Gasteiger partial charge in [0.15, 0.2) is 17.9 Å². The number of benzene rings is 1. The lowest BCUT2D eigenvalue weighted by Gasteiger charge is -2.45. The van der Waals surface area contributed by atoms with Crippen LogP contribution in [0.4, 0.5) is 0 Å². The molecule has 13 heteroatoms. The van der Waals surface area contributed by atoms with Crippen molar-refractivity contribution in [1.82, 2.24) is 15.2 Å². The first kappa shape index (κ1) is 35.5. The number of rotatable bonds is 10. The van der Waals surface area contributed by atoms with E-state index >= 15 is 0 Å². The summed E-state index contributed by atoms with van der Waals surface area (Å²) in [5.41, 5.74) is -3.09. The second-order valence-corrected chi connectivity index (χ2v) is 16.1. The molecule has 1 saturated heterocycles. The van der Waals surface area contributed by atoms with Crippen LogP contribution in [0, 0.1) is 21.7 Å². The Kier molecular flexibility index (Phi) is 10.6. The Morgan fingerprint density at radius 2 is 1.28 bits per heavy atom. The molecule has 1 fully saturated rings. The van der Waals surface area contributed by atoms with E-state index in [0.717, 1.165) is 11.1 Å². The monoisotopic (exact) mass is 741 g/mol. The van der Waals surface area contributed by atoms with Crippen LogP contribution < -0.4 is 4.74 Å². The van der Waals surface area contributed by atoms with Crippen LogP contribution in [0.5, 0.6) is 5.88 Å². The summed E-state index contributed by atoms with van der Waals surface area (Å²) < 4.78 is 68.5. The molecule has 1 aliphatic rings. The molecule has 1 aromatic carbocycles. The summed E-state index contributed by atoms with van der Waals surface area (Å²) in [5.74, 6) is -3.47. The van der Waals surface area contributed by atoms with E-state index in [0.29, 0.717) is 23.9 Å². The highest BCUT2D eigenvalue weighted by Gasteiger charge is 2.56. The Balaban J connectivity index is 1.88. The van der Waals surface area contributed by atoms with Crippen molar-refractivity contribution in [2.45, 2.75) is 127 Å². The van der Waals surface area contributed by atoms with Crippen molar-refractivity contribution in [3.8, 4) is 5.88 Å². The molecule has 290 valence electrons. The summed E-state index contributed by atoms with van der Waals surface area (Å²) in [6.45, 7) is 9.86. The number of esters is 4. The van der Waals surface area contributed by atoms with E-state index in [-0.39, 0.29) is 26.6 Å². The zero-order valence-corrected chi connectivity index (χ0v) is 31.9. The third-order valence-electron chi connectivity index (χ3n) is 8.18. The van der Waals surface area contributed by atoms with Gasteiger partial charge in [-0.05, 0) is 113 Å². The van der Waals surface area contributed by atoms with E-state index in [4.69, 9.17) is 33.9 Å². The molecule has 1 N–H and O–H groups in total. The summed E-state index contributed by atoms with van der Waals surface area (Å²) in [4.78, 5) is 58.8. The van der Waals surface area contributed by atoms with Gasteiger partial charge in [-0.1, -0.05) is 30.3 Å². The highest BCUT2D eigenvalue weighted by molar-refractivity contribution is 5.84. The van der Waals surface area contributed by atoms with Crippen LogP contribution in [0.3, 0.4) is 0 Å². The first-order valence-electron chi connectivity index (χ1n) is 20.2. The number of ether oxygens (including phenoxy) is 6. The molecule has 4 rings (SSSR count). The van der Waals surface area contributed by atoms with Crippen molar-refractivity contribution in [3.63, 3.8) is 0 Å². The molecule has 53 heavy (non-hydrogen) atoms. The average molecular weight is 742 g/mol. The maximum Gasteiger partial charge on any atom is 0.311 e. The van der Waals surface area contributed by atoms with Gasteiger partial charge in [0.2, 0.25) is 18.3 Å². The van der Waals surface area contributed by atoms with Crippen molar-refractivity contribution in [2.24, 2.45) is 21.7 Å². The van der Waals surface area contributed by atoms with Crippen molar-refractivity contribution < 1.29 is 53.1 Å². The fourth-order valence-electron chi connectivity index (χ4n) is 5.02. The summed E-state index contributed by atoms with van der Waals surface area (Å²) in [6.07, 6.45) is -5.30. The zero-order valence-electron chi connectivity index (χ0n) is 35.9. The molecule has 0 saturated carbocycles. The Labute approximate surface area is 317 Å². The van der Waals surface area contributed by atoms with E-state index in [1.165, 1.54) is 55.4 Å². The van der Waals surface area contributed by atoms with Crippen molar-refractivity contribution in [3.05, 3.63) is 53.7 Å². The number of aromatic amines is 1. The lowest BCUT2D eigenvalue weighted by molar-refractivity contribution is -0.294. The molecule has 0 aliphatic carbocycles. The molecule has 2 aromatic heterocycles. The molecule has 1 unspecified atom stereocenters. The topological polar surface area (TPSA) is 165 Å². The Bertz CT molecular complexity index is 1870. The van der Waals surface area contributed by atoms with Crippen LogP contribution in [-0.4, -0.2) is 76.4 Å². The van der Waals surface area contributed by atoms with Crippen LogP contribution in [0.2, 0.25) is 0 Å². The minimum atomic E-state index is -1.70. The van der Waals surface area contributed by atoms with Crippen LogP contribution in [-0.2, 0) is 55.7 Å². The second-order valence-electron chi connectivity index (χ2n) is 16.1. The first-order chi connectivity index (χ1) is 26.7. The molecule has 0 radical (unpaired) electrons. The number of fused-ring (bicyclic) bond motifs is 1. The van der Waals surface area contributed by atoms with Gasteiger partial charge in [-0.2, -0.15) is 0 Å². The minimum Gasteiger partial charge on any atom is -0.462 e. The van der Waals surface area contributed by atoms with Gasteiger partial charge in [-0.15, -0.1) is 5.10 Å². The lowest BCUT2D eigenvalue weighted by Crippen LogP contribution is -2.65. The van der Waals surface area contributed by atoms with Gasteiger partial charge in [-0.25, -0.2) is 4.98 Å². The number of aryl methyl sites for hydroxylation is 2. The predicted octanol–water partition coefficient (Wildman–Crippen LogP) is 6.31. The molecular weight excluding hydrogens is 682 g/mol. The highest BCUT2D eigenvalue weighted by atomic mass is 16.7. The number of hydrogen-bond donors (Lipinski definition) is 1. The zero-order chi connectivity index (χ0) is 42.3. The molecule has 5 atom stereocenters. The number of nitrogens with one attached hydrogen (secondary N) is 1. The van der Waals surface area contributed by atoms with Gasteiger partial charge in [0, 0.05) is 11.7 Å². The van der Waals surface area contributed by atoms with Gasteiger partial charge in [0.25, 0.3) is 0 Å². The third kappa shape index (κ3) is 10.6. The maximum absolute atomic E-state index is 13.8. The second kappa shape index (κ2) is 15.8. The summed E-state index contributed by atoms with van der Waals surface area (Å²) in [7, 11) is 0. The molecule has 0 spiro atoms. The molecule has 3 heterocycles. The minimum absolute atomic E-state index is 0.0135. The molecule has 13 nitrogen and oxygen atoms in total. The van der Waals surface area contributed by atoms with Crippen LogP contribution in [0.15, 0.2) is 42.6 Å². The van der Waals surface area contributed by atoms with E-state index < -0.39 is 89.7 Å². The Hall–Kier alpha value is -4.52. The largest absolute Gasteiger partial charge is 0.462 e. The number of nitrogens with zero attached hydrogens (tertiary/aromatic N) is 2. The highest BCUT2D eigenvalue weighted by Crippen LogP contribution is 2.36. The van der Waals surface area contributed by atoms with Crippen LogP contribution in [0.1, 0.15) is 99.6 Å². The Morgan fingerprint density at radius 1 is 0.736 bits per heavy atom. The number of carbonyl (C=O) groups excluding carboxylic acids is 4. The van der Waals surface area contributed by atoms with Gasteiger partial charge in [0.1, 0.15) is 12.7 Å². The quantitative estimate of drug-likeness (QED) is 0.182. The molecule has 1 aliphatic heterocycles. The SMILES string of the molecule is [2H]CC(C)(C)C(=O)OC[C@H]1OC(Oc2n[nH]c3nccc(CCc4ccccc4)c23)[C@H](OC(=O)C(C)(C)C[2H])[C@@H](OC(=O)C(C)(C)C[2H])[C@@H]1OC(=O)C(C)(C)C[2H]. The van der Waals surface area contributed by atoms with E-state index in [2.05, 4.69) is 15.2 Å². The number of H-pyrrole nitrogens is 1. The van der Waals surface area contributed by atoms with Gasteiger partial charge in [0.05, 0.1) is 27.0 Å². The standard InChI is InChI=1S/C40H55N3O10/c1-37(2,3)33(44)48-22-25-27(50-34(45)38(4,5)6)28(51-35(46)39(7,8)9)29(52-36(47)40(10,11)12)32(49-25)53-31-26-24(20-21-41-30(26)42-43-31)19-18-23-16-14-13-15-17-23/h13-17,20-21,25,27-29,32H,18-19,22H2,1-12H3,(H,41,42,43)/t25-,27-,28+,29-,32?/m1/s1/i1D,4D,7D,10D. The van der Waals surface area contributed by atoms with E-state index in [9.17, 15) is 19.2 Å². The summed E-state index contributed by atoms with van der Waals surface area (Å²) >= 11 is 0. The number of carbonyl (C=O) groups is 4. The number of aromatic nitrogens is 3. The average Bonchev–Trinajstić information content (AvgIpc) is 3.61. The van der Waals surface area contributed by atoms with E-state index in [1.54, 1.807) is 6.20 Å². The van der Waals surface area contributed by atoms with Crippen LogP contribution in [0.25, 0.3) is 11.0 Å². The number of hydrogen-bond acceptors (Lipinski definition) is 12.